The zero-order chi connectivity index (χ0) is 13.9. The van der Waals surface area contributed by atoms with E-state index in [0.717, 1.165) is 27.0 Å². The fraction of sp³-hybridized carbons (Fsp3) is 0.267. The first-order chi connectivity index (χ1) is 9.72. The van der Waals surface area contributed by atoms with Gasteiger partial charge in [-0.05, 0) is 36.8 Å². The fourth-order valence-corrected chi connectivity index (χ4v) is 2.69. The zero-order valence-electron chi connectivity index (χ0n) is 11.1. The molecule has 20 heavy (non-hydrogen) atoms. The van der Waals surface area contributed by atoms with Crippen LogP contribution in [0.1, 0.15) is 18.6 Å². The molecule has 0 fully saturated rings. The summed E-state index contributed by atoms with van der Waals surface area (Å²) < 4.78 is 11.1. The van der Waals surface area contributed by atoms with Gasteiger partial charge in [0.25, 0.3) is 0 Å². The van der Waals surface area contributed by atoms with Gasteiger partial charge in [-0.15, -0.1) is 0 Å². The Kier molecular flexibility index (Phi) is 3.80. The van der Waals surface area contributed by atoms with Crippen LogP contribution >= 0.6 is 11.8 Å². The molecule has 3 rings (SSSR count). The molecule has 2 aromatic rings. The van der Waals surface area contributed by atoms with E-state index < -0.39 is 6.10 Å². The molecule has 4 nitrogen and oxygen atoms in total. The van der Waals surface area contributed by atoms with Crippen molar-refractivity contribution in [1.29, 1.82) is 0 Å². The second kappa shape index (κ2) is 5.73. The molecular formula is C15H15NO3S. The van der Waals surface area contributed by atoms with Gasteiger partial charge in [-0.25, -0.2) is 4.98 Å². The Morgan fingerprint density at radius 2 is 1.95 bits per heavy atom. The highest BCUT2D eigenvalue weighted by atomic mass is 32.2. The molecule has 5 heteroatoms. The average molecular weight is 289 g/mol. The minimum Gasteiger partial charge on any atom is -0.486 e. The van der Waals surface area contributed by atoms with E-state index in [0.29, 0.717) is 13.2 Å². The maximum Gasteiger partial charge on any atom is 0.162 e. The molecular weight excluding hydrogens is 274 g/mol. The summed E-state index contributed by atoms with van der Waals surface area (Å²) >= 11 is 1.55. The normalized spacial score (nSPS) is 14.9. The van der Waals surface area contributed by atoms with E-state index in [1.54, 1.807) is 24.9 Å². The first-order valence-electron chi connectivity index (χ1n) is 6.44. The molecule has 1 N–H and O–H groups in total. The highest BCUT2D eigenvalue weighted by Gasteiger charge is 2.12. The number of nitrogens with zero attached hydrogens (tertiary/aromatic N) is 1. The lowest BCUT2D eigenvalue weighted by Crippen LogP contribution is -2.15. The molecule has 0 spiro atoms. The van der Waals surface area contributed by atoms with Crippen LogP contribution in [0.15, 0.2) is 46.5 Å². The van der Waals surface area contributed by atoms with Gasteiger partial charge in [-0.1, -0.05) is 17.8 Å². The highest BCUT2D eigenvalue weighted by Crippen LogP contribution is 2.36. The third-order valence-electron chi connectivity index (χ3n) is 2.98. The van der Waals surface area contributed by atoms with Crippen molar-refractivity contribution in [1.82, 2.24) is 4.98 Å². The molecule has 1 atom stereocenters. The second-order valence-electron chi connectivity index (χ2n) is 4.51. The summed E-state index contributed by atoms with van der Waals surface area (Å²) in [4.78, 5) is 5.39. The van der Waals surface area contributed by atoms with Crippen LogP contribution in [-0.2, 0) is 0 Å². The standard InChI is InChI=1S/C15H15NO3S/c1-10(17)11-2-5-15(16-9-11)20-12-3-4-13-14(8-12)19-7-6-18-13/h2-5,8-10,17H,6-7H2,1H3/t10-/m0/s1. The molecule has 0 unspecified atom stereocenters. The maximum atomic E-state index is 9.46. The Bertz CT molecular complexity index is 599. The first kappa shape index (κ1) is 13.3. The van der Waals surface area contributed by atoms with E-state index in [9.17, 15) is 5.11 Å². The highest BCUT2D eigenvalue weighted by molar-refractivity contribution is 7.99. The van der Waals surface area contributed by atoms with E-state index in [1.165, 1.54) is 0 Å². The predicted octanol–water partition coefficient (Wildman–Crippen LogP) is 3.06. The Balaban J connectivity index is 1.77. The van der Waals surface area contributed by atoms with Crippen molar-refractivity contribution in [2.24, 2.45) is 0 Å². The number of fused-ring (bicyclic) bond motifs is 1. The molecule has 1 aromatic heterocycles. The molecule has 104 valence electrons. The Morgan fingerprint density at radius 3 is 2.65 bits per heavy atom. The smallest absolute Gasteiger partial charge is 0.162 e. The summed E-state index contributed by atoms with van der Waals surface area (Å²) in [6.07, 6.45) is 1.21. The lowest BCUT2D eigenvalue weighted by Gasteiger charge is -2.18. The SMILES string of the molecule is C[C@H](O)c1ccc(Sc2ccc3c(c2)OCCO3)nc1. The molecule has 0 amide bonds. The predicted molar refractivity (Wildman–Crippen MR) is 76.4 cm³/mol. The molecule has 1 aromatic carbocycles. The number of aliphatic hydroxyl groups is 1. The van der Waals surface area contributed by atoms with E-state index in [-0.39, 0.29) is 0 Å². The minimum absolute atomic E-state index is 0.490. The van der Waals surface area contributed by atoms with Gasteiger partial charge in [-0.3, -0.25) is 0 Å². The van der Waals surface area contributed by atoms with Gasteiger partial charge in [0.1, 0.15) is 18.2 Å². The van der Waals surface area contributed by atoms with Gasteiger partial charge in [0.15, 0.2) is 11.5 Å². The van der Waals surface area contributed by atoms with Crippen LogP contribution in [0.2, 0.25) is 0 Å². The molecule has 0 radical (unpaired) electrons. The van der Waals surface area contributed by atoms with Crippen LogP contribution in [0.25, 0.3) is 0 Å². The number of aliphatic hydroxyl groups excluding tert-OH is 1. The van der Waals surface area contributed by atoms with E-state index >= 15 is 0 Å². The van der Waals surface area contributed by atoms with Gasteiger partial charge in [0.2, 0.25) is 0 Å². The van der Waals surface area contributed by atoms with Crippen molar-refractivity contribution in [3.63, 3.8) is 0 Å². The number of benzene rings is 1. The number of rotatable bonds is 3. The van der Waals surface area contributed by atoms with Crippen molar-refractivity contribution in [3.8, 4) is 11.5 Å². The molecule has 1 aliphatic rings. The van der Waals surface area contributed by atoms with Gasteiger partial charge < -0.3 is 14.6 Å². The van der Waals surface area contributed by atoms with Gasteiger partial charge >= 0.3 is 0 Å². The van der Waals surface area contributed by atoms with Crippen LogP contribution in [0.3, 0.4) is 0 Å². The van der Waals surface area contributed by atoms with Crippen molar-refractivity contribution in [3.05, 3.63) is 42.1 Å². The van der Waals surface area contributed by atoms with Gasteiger partial charge in [0.05, 0.1) is 6.10 Å². The van der Waals surface area contributed by atoms with Gasteiger partial charge in [0, 0.05) is 11.1 Å². The van der Waals surface area contributed by atoms with Crippen molar-refractivity contribution >= 4 is 11.8 Å². The Hall–Kier alpha value is -1.72. The summed E-state index contributed by atoms with van der Waals surface area (Å²) in [5, 5.41) is 10.3. The van der Waals surface area contributed by atoms with E-state index in [2.05, 4.69) is 4.98 Å². The third-order valence-corrected chi connectivity index (χ3v) is 3.92. The fourth-order valence-electron chi connectivity index (χ4n) is 1.91. The number of ether oxygens (including phenoxy) is 2. The molecule has 0 saturated heterocycles. The average Bonchev–Trinajstić information content (AvgIpc) is 2.48. The lowest BCUT2D eigenvalue weighted by atomic mass is 10.2. The van der Waals surface area contributed by atoms with Crippen molar-refractivity contribution in [2.75, 3.05) is 13.2 Å². The number of pyridine rings is 1. The number of aromatic nitrogens is 1. The molecule has 0 bridgehead atoms. The molecule has 1 aliphatic heterocycles. The Morgan fingerprint density at radius 1 is 1.15 bits per heavy atom. The van der Waals surface area contributed by atoms with Crippen molar-refractivity contribution < 1.29 is 14.6 Å². The number of hydrogen-bond acceptors (Lipinski definition) is 5. The molecule has 0 aliphatic carbocycles. The van der Waals surface area contributed by atoms with Crippen LogP contribution in [-0.4, -0.2) is 23.3 Å². The van der Waals surface area contributed by atoms with Crippen LogP contribution in [0.4, 0.5) is 0 Å². The van der Waals surface area contributed by atoms with Crippen LogP contribution in [0.5, 0.6) is 11.5 Å². The first-order valence-corrected chi connectivity index (χ1v) is 7.25. The molecule has 2 heterocycles. The quantitative estimate of drug-likeness (QED) is 0.941. The largest absolute Gasteiger partial charge is 0.486 e. The lowest BCUT2D eigenvalue weighted by molar-refractivity contribution is 0.171. The zero-order valence-corrected chi connectivity index (χ0v) is 11.9. The minimum atomic E-state index is -0.490. The summed E-state index contributed by atoms with van der Waals surface area (Å²) in [6, 6.07) is 9.66. The summed E-state index contributed by atoms with van der Waals surface area (Å²) in [7, 11) is 0. The summed E-state index contributed by atoms with van der Waals surface area (Å²) in [5.41, 5.74) is 0.816. The van der Waals surface area contributed by atoms with E-state index in [4.69, 9.17) is 9.47 Å². The molecule has 0 saturated carbocycles. The maximum absolute atomic E-state index is 9.46. The van der Waals surface area contributed by atoms with E-state index in [1.807, 2.05) is 30.3 Å². The van der Waals surface area contributed by atoms with Crippen LogP contribution in [0, 0.1) is 0 Å². The Labute approximate surface area is 121 Å². The summed E-state index contributed by atoms with van der Waals surface area (Å²) in [6.45, 7) is 2.91. The number of hydrogen-bond donors (Lipinski definition) is 1. The second-order valence-corrected chi connectivity index (χ2v) is 5.61. The monoisotopic (exact) mass is 289 g/mol. The summed E-state index contributed by atoms with van der Waals surface area (Å²) in [5.74, 6) is 1.57. The third kappa shape index (κ3) is 2.89. The van der Waals surface area contributed by atoms with Crippen molar-refractivity contribution in [2.45, 2.75) is 22.9 Å². The van der Waals surface area contributed by atoms with Gasteiger partial charge in [-0.2, -0.15) is 0 Å². The van der Waals surface area contributed by atoms with Crippen LogP contribution < -0.4 is 9.47 Å². The topological polar surface area (TPSA) is 51.6 Å².